The average molecular weight is 406 g/mol. The molecule has 1 aromatic carbocycles. The Balaban J connectivity index is 1.76. The van der Waals surface area contributed by atoms with Crippen molar-refractivity contribution in [2.45, 2.75) is 25.7 Å². The van der Waals surface area contributed by atoms with Crippen LogP contribution in [0.5, 0.6) is 0 Å². The van der Waals surface area contributed by atoms with Gasteiger partial charge in [-0.15, -0.1) is 16.2 Å². The van der Waals surface area contributed by atoms with Crippen molar-refractivity contribution in [2.75, 3.05) is 16.5 Å². The smallest absolute Gasteiger partial charge is 0.257 e. The van der Waals surface area contributed by atoms with E-state index in [2.05, 4.69) is 30.5 Å². The van der Waals surface area contributed by atoms with E-state index in [-0.39, 0.29) is 16.4 Å². The van der Waals surface area contributed by atoms with Crippen molar-refractivity contribution in [3.8, 4) is 0 Å². The van der Waals surface area contributed by atoms with Gasteiger partial charge in [-0.3, -0.25) is 5.43 Å². The van der Waals surface area contributed by atoms with Crippen LogP contribution in [0.25, 0.3) is 0 Å². The molecule has 2 aromatic heterocycles. The molecular weight excluding hydrogens is 386 g/mol. The minimum absolute atomic E-state index is 0.125. The van der Waals surface area contributed by atoms with Gasteiger partial charge in [0.15, 0.2) is 16.8 Å². The number of benzene rings is 1. The highest BCUT2D eigenvalue weighted by molar-refractivity contribution is 7.89. The molecule has 0 radical (unpaired) electrons. The summed E-state index contributed by atoms with van der Waals surface area (Å²) < 4.78 is 24.7. The first-order chi connectivity index (χ1) is 12.8. The third kappa shape index (κ3) is 4.32. The maximum atomic E-state index is 12.4. The highest BCUT2D eigenvalue weighted by atomic mass is 32.2. The number of hydrogen-bond acceptors (Lipinski definition) is 9. The summed E-state index contributed by atoms with van der Waals surface area (Å²) in [5.41, 5.74) is 10.6. The average Bonchev–Trinajstić information content (AvgIpc) is 2.93. The molecule has 0 aliphatic rings. The number of thiazole rings is 1. The second kappa shape index (κ2) is 7.47. The molecule has 3 rings (SSSR count). The number of nitrogens with one attached hydrogen (secondary N) is 3. The lowest BCUT2D eigenvalue weighted by Crippen LogP contribution is -2.30. The molecule has 0 saturated heterocycles. The predicted octanol–water partition coefficient (Wildman–Crippen LogP) is 2.49. The SMILES string of the molecule is Cc1ccc(S(=O)(=O)NNc2ncnc(Nc3nc(C)c(C)s3)c2N)cc1. The second-order valence-corrected chi connectivity index (χ2v) is 8.70. The van der Waals surface area contributed by atoms with Gasteiger partial charge in [0.1, 0.15) is 12.0 Å². The third-order valence-electron chi connectivity index (χ3n) is 3.77. The summed E-state index contributed by atoms with van der Waals surface area (Å²) in [4.78, 5) is 15.9. The highest BCUT2D eigenvalue weighted by Gasteiger charge is 2.16. The first-order valence-corrected chi connectivity index (χ1v) is 10.2. The molecule has 3 aromatic rings. The van der Waals surface area contributed by atoms with E-state index in [1.165, 1.54) is 29.8 Å². The Morgan fingerprint density at radius 2 is 1.70 bits per heavy atom. The van der Waals surface area contributed by atoms with Crippen LogP contribution in [0, 0.1) is 20.8 Å². The van der Waals surface area contributed by atoms with Crippen molar-refractivity contribution in [3.63, 3.8) is 0 Å². The summed E-state index contributed by atoms with van der Waals surface area (Å²) in [5, 5.41) is 3.66. The fourth-order valence-corrected chi connectivity index (χ4v) is 3.77. The molecule has 142 valence electrons. The Kier molecular flexibility index (Phi) is 5.26. The van der Waals surface area contributed by atoms with Gasteiger partial charge in [0.05, 0.1) is 10.6 Å². The van der Waals surface area contributed by atoms with E-state index in [1.807, 2.05) is 20.8 Å². The molecule has 0 aliphatic heterocycles. The number of aromatic nitrogens is 3. The van der Waals surface area contributed by atoms with Crippen LogP contribution in [0.15, 0.2) is 35.5 Å². The van der Waals surface area contributed by atoms with E-state index < -0.39 is 10.0 Å². The molecule has 0 amide bonds. The molecule has 0 fully saturated rings. The molecule has 0 bridgehead atoms. The number of sulfonamides is 1. The third-order valence-corrected chi connectivity index (χ3v) is 6.02. The quantitative estimate of drug-likeness (QED) is 0.459. The highest BCUT2D eigenvalue weighted by Crippen LogP contribution is 2.29. The van der Waals surface area contributed by atoms with Crippen LogP contribution in [0.1, 0.15) is 16.1 Å². The van der Waals surface area contributed by atoms with Crippen LogP contribution in [-0.4, -0.2) is 23.4 Å². The lowest BCUT2D eigenvalue weighted by molar-refractivity contribution is 0.587. The summed E-state index contributed by atoms with van der Waals surface area (Å²) in [6.45, 7) is 5.76. The van der Waals surface area contributed by atoms with Gasteiger partial charge in [-0.05, 0) is 32.9 Å². The van der Waals surface area contributed by atoms with Gasteiger partial charge < -0.3 is 11.1 Å². The van der Waals surface area contributed by atoms with Crippen molar-refractivity contribution in [3.05, 3.63) is 46.7 Å². The summed E-state index contributed by atoms with van der Waals surface area (Å²) >= 11 is 1.47. The first kappa shape index (κ1) is 19.0. The van der Waals surface area contributed by atoms with Gasteiger partial charge in [0.25, 0.3) is 10.0 Å². The monoisotopic (exact) mass is 405 g/mol. The summed E-state index contributed by atoms with van der Waals surface area (Å²) in [6.07, 6.45) is 1.27. The number of hydrogen-bond donors (Lipinski definition) is 4. The fraction of sp³-hybridized carbons (Fsp3) is 0.188. The van der Waals surface area contributed by atoms with Crippen LogP contribution in [0.4, 0.5) is 22.5 Å². The van der Waals surface area contributed by atoms with Gasteiger partial charge >= 0.3 is 0 Å². The number of nitrogen functional groups attached to an aromatic ring is 1. The van der Waals surface area contributed by atoms with Gasteiger partial charge in [-0.25, -0.2) is 23.4 Å². The molecule has 0 unspecified atom stereocenters. The van der Waals surface area contributed by atoms with Gasteiger partial charge in [-0.1, -0.05) is 17.7 Å². The van der Waals surface area contributed by atoms with Crippen molar-refractivity contribution < 1.29 is 8.42 Å². The molecule has 9 nitrogen and oxygen atoms in total. The van der Waals surface area contributed by atoms with Crippen molar-refractivity contribution in [2.24, 2.45) is 0 Å². The Labute approximate surface area is 161 Å². The largest absolute Gasteiger partial charge is 0.393 e. The number of nitrogens with two attached hydrogens (primary N) is 1. The normalized spacial score (nSPS) is 11.4. The molecular formula is C16H19N7O2S2. The maximum absolute atomic E-state index is 12.4. The lowest BCUT2D eigenvalue weighted by Gasteiger charge is -2.12. The summed E-state index contributed by atoms with van der Waals surface area (Å²) in [5.74, 6) is 0.462. The predicted molar refractivity (Wildman–Crippen MR) is 106 cm³/mol. The number of anilines is 4. The minimum atomic E-state index is -3.77. The Hall–Kier alpha value is -2.76. The van der Waals surface area contributed by atoms with Crippen LogP contribution < -0.4 is 21.3 Å². The number of nitrogens with zero attached hydrogens (tertiary/aromatic N) is 3. The number of rotatable bonds is 6. The topological polar surface area (TPSA) is 135 Å². The number of hydrazine groups is 1. The van der Waals surface area contributed by atoms with Gasteiger partial charge in [-0.2, -0.15) is 0 Å². The summed E-state index contributed by atoms with van der Waals surface area (Å²) in [6, 6.07) is 6.47. The van der Waals surface area contributed by atoms with Gasteiger partial charge in [0, 0.05) is 4.88 Å². The van der Waals surface area contributed by atoms with Crippen molar-refractivity contribution >= 4 is 43.8 Å². The maximum Gasteiger partial charge on any atom is 0.257 e. The first-order valence-electron chi connectivity index (χ1n) is 7.92. The van der Waals surface area contributed by atoms with Crippen LogP contribution in [0.2, 0.25) is 0 Å². The van der Waals surface area contributed by atoms with Crippen LogP contribution in [-0.2, 0) is 10.0 Å². The Morgan fingerprint density at radius 1 is 1.04 bits per heavy atom. The Morgan fingerprint density at radius 3 is 2.33 bits per heavy atom. The Bertz CT molecular complexity index is 1040. The number of aryl methyl sites for hydroxylation is 3. The molecule has 0 atom stereocenters. The zero-order chi connectivity index (χ0) is 19.6. The van der Waals surface area contributed by atoms with Crippen LogP contribution >= 0.6 is 11.3 Å². The molecule has 27 heavy (non-hydrogen) atoms. The van der Waals surface area contributed by atoms with Crippen molar-refractivity contribution in [1.29, 1.82) is 0 Å². The van der Waals surface area contributed by atoms with E-state index in [0.29, 0.717) is 10.9 Å². The van der Waals surface area contributed by atoms with Crippen LogP contribution in [0.3, 0.4) is 0 Å². The molecule has 11 heteroatoms. The van der Waals surface area contributed by atoms with E-state index in [0.717, 1.165) is 16.1 Å². The molecule has 0 saturated carbocycles. The second-order valence-electron chi connectivity index (χ2n) is 5.81. The molecule has 0 spiro atoms. The van der Waals surface area contributed by atoms with Crippen molar-refractivity contribution in [1.82, 2.24) is 19.8 Å². The minimum Gasteiger partial charge on any atom is -0.393 e. The van der Waals surface area contributed by atoms with E-state index in [4.69, 9.17) is 5.73 Å². The van der Waals surface area contributed by atoms with E-state index in [1.54, 1.807) is 12.1 Å². The lowest BCUT2D eigenvalue weighted by atomic mass is 10.2. The molecule has 5 N–H and O–H groups in total. The van der Waals surface area contributed by atoms with Gasteiger partial charge in [0.2, 0.25) is 0 Å². The molecule has 0 aliphatic carbocycles. The van der Waals surface area contributed by atoms with E-state index in [9.17, 15) is 8.42 Å². The molecule has 2 heterocycles. The zero-order valence-electron chi connectivity index (χ0n) is 14.9. The van der Waals surface area contributed by atoms with E-state index >= 15 is 0 Å². The fourth-order valence-electron chi connectivity index (χ4n) is 2.11. The summed E-state index contributed by atoms with van der Waals surface area (Å²) in [7, 11) is -3.77. The standard InChI is InChI=1S/C16H19N7O2S2/c1-9-4-6-12(7-5-9)27(24,25)23-22-15-13(17)14(18-8-19-15)21-16-20-10(2)11(3)26-16/h4-8,23H,17H2,1-3H3,(H2,18,19,20,21,22). The zero-order valence-corrected chi connectivity index (χ0v) is 16.6.